The van der Waals surface area contributed by atoms with Crippen LogP contribution in [0, 0.1) is 0 Å². The summed E-state index contributed by atoms with van der Waals surface area (Å²) in [6, 6.07) is 59.3. The molecule has 0 aliphatic carbocycles. The maximum atomic E-state index is 2.44. The van der Waals surface area contributed by atoms with Gasteiger partial charge in [-0.05, 0) is 81.6 Å². The van der Waals surface area contributed by atoms with Gasteiger partial charge in [0.15, 0.2) is 0 Å². The number of fused-ring (bicyclic) bond motifs is 6. The molecule has 0 saturated heterocycles. The summed E-state index contributed by atoms with van der Waals surface area (Å²) in [6.45, 7) is 4.00. The molecule has 9 aromatic rings. The SMILES string of the molecule is CC.S.c1ccc(-c2ccc(-n3c4ccccc4c4cc(-c5ccc(-n6ccc7ccccc76)cc5)c5ccccc5c43)cc2)cc1. The summed E-state index contributed by atoms with van der Waals surface area (Å²) >= 11 is 0. The highest BCUT2D eigenvalue weighted by Gasteiger charge is 2.18. The molecule has 0 radical (unpaired) electrons. The molecule has 0 unspecified atom stereocenters. The van der Waals surface area contributed by atoms with Crippen LogP contribution in [0.4, 0.5) is 0 Å². The fraction of sp³-hybridized carbons (Fsp3) is 0.0455. The standard InChI is InChI=1S/C42H28N2.C2H6.H2S/c1-2-10-29(11-3-1)30-18-24-34(25-19-30)44-41-17-9-7-14-36(41)39-28-38(35-13-5-6-15-37(35)42(39)44)31-20-22-33(23-21-31)43-27-26-32-12-4-8-16-40(32)43;1-2;/h1-28H;1-2H3;1H2. The van der Waals surface area contributed by atoms with Gasteiger partial charge in [0.2, 0.25) is 0 Å². The van der Waals surface area contributed by atoms with Crippen LogP contribution < -0.4 is 0 Å². The lowest BCUT2D eigenvalue weighted by Gasteiger charge is -2.14. The van der Waals surface area contributed by atoms with Crippen molar-refractivity contribution in [1.82, 2.24) is 9.13 Å². The zero-order valence-electron chi connectivity index (χ0n) is 26.6. The van der Waals surface area contributed by atoms with E-state index in [1.165, 1.54) is 65.7 Å². The Morgan fingerprint density at radius 1 is 0.404 bits per heavy atom. The van der Waals surface area contributed by atoms with Gasteiger partial charge in [-0.2, -0.15) is 13.5 Å². The maximum Gasteiger partial charge on any atom is 0.0619 e. The number of hydrogen-bond donors (Lipinski definition) is 0. The molecular weight excluding hydrogens is 589 g/mol. The van der Waals surface area contributed by atoms with Gasteiger partial charge in [0.25, 0.3) is 0 Å². The number of nitrogens with zero attached hydrogens (tertiary/aromatic N) is 2. The molecule has 7 aromatic carbocycles. The molecule has 2 nitrogen and oxygen atoms in total. The normalized spacial score (nSPS) is 11.0. The van der Waals surface area contributed by atoms with Gasteiger partial charge in [0.05, 0.1) is 16.6 Å². The summed E-state index contributed by atoms with van der Waals surface area (Å²) in [5.74, 6) is 0. The van der Waals surface area contributed by atoms with E-state index in [-0.39, 0.29) is 13.5 Å². The molecule has 47 heavy (non-hydrogen) atoms. The van der Waals surface area contributed by atoms with Crippen LogP contribution in [0.25, 0.3) is 77.1 Å². The Bertz CT molecular complexity index is 2470. The van der Waals surface area contributed by atoms with E-state index >= 15 is 0 Å². The molecule has 0 spiro atoms. The molecular formula is C44H36N2S. The zero-order valence-corrected chi connectivity index (χ0v) is 27.6. The number of hydrogen-bond acceptors (Lipinski definition) is 0. The molecule has 0 amide bonds. The first kappa shape index (κ1) is 30.2. The zero-order chi connectivity index (χ0) is 31.0. The molecule has 0 aliphatic heterocycles. The monoisotopic (exact) mass is 624 g/mol. The van der Waals surface area contributed by atoms with Gasteiger partial charge in [-0.1, -0.05) is 129 Å². The third kappa shape index (κ3) is 5.10. The summed E-state index contributed by atoms with van der Waals surface area (Å²) in [6.07, 6.45) is 2.16. The van der Waals surface area contributed by atoms with Crippen LogP contribution in [-0.2, 0) is 0 Å². The van der Waals surface area contributed by atoms with Gasteiger partial charge >= 0.3 is 0 Å². The average molecular weight is 625 g/mol. The molecule has 2 heterocycles. The van der Waals surface area contributed by atoms with Crippen LogP contribution in [0.3, 0.4) is 0 Å². The minimum absolute atomic E-state index is 0. The summed E-state index contributed by atoms with van der Waals surface area (Å²) in [4.78, 5) is 0. The lowest BCUT2D eigenvalue weighted by Crippen LogP contribution is -1.95. The van der Waals surface area contributed by atoms with Crippen molar-refractivity contribution in [2.75, 3.05) is 0 Å². The summed E-state index contributed by atoms with van der Waals surface area (Å²) < 4.78 is 4.70. The Balaban J connectivity index is 0.00000115. The van der Waals surface area contributed by atoms with Crippen molar-refractivity contribution in [1.29, 1.82) is 0 Å². The van der Waals surface area contributed by atoms with Crippen LogP contribution >= 0.6 is 13.5 Å². The minimum atomic E-state index is 0. The molecule has 2 aromatic heterocycles. The van der Waals surface area contributed by atoms with Crippen molar-refractivity contribution in [3.63, 3.8) is 0 Å². The Hall–Kier alpha value is -5.51. The first-order chi connectivity index (χ1) is 22.8. The van der Waals surface area contributed by atoms with Crippen LogP contribution in [0.1, 0.15) is 13.8 Å². The van der Waals surface area contributed by atoms with E-state index in [1.807, 2.05) is 13.8 Å². The van der Waals surface area contributed by atoms with Crippen molar-refractivity contribution in [3.05, 3.63) is 170 Å². The molecule has 0 aliphatic rings. The molecule has 228 valence electrons. The molecule has 0 atom stereocenters. The van der Waals surface area contributed by atoms with Crippen molar-refractivity contribution in [2.24, 2.45) is 0 Å². The van der Waals surface area contributed by atoms with Crippen LogP contribution in [0.2, 0.25) is 0 Å². The van der Waals surface area contributed by atoms with Gasteiger partial charge in [-0.15, -0.1) is 0 Å². The largest absolute Gasteiger partial charge is 0.317 e. The quantitative estimate of drug-likeness (QED) is 0.184. The van der Waals surface area contributed by atoms with Gasteiger partial charge in [-0.3, -0.25) is 0 Å². The smallest absolute Gasteiger partial charge is 0.0619 e. The molecule has 9 rings (SSSR count). The number of benzene rings is 7. The van der Waals surface area contributed by atoms with Crippen LogP contribution in [0.15, 0.2) is 170 Å². The van der Waals surface area contributed by atoms with E-state index in [1.54, 1.807) is 0 Å². The summed E-state index contributed by atoms with van der Waals surface area (Å²) in [5.41, 5.74) is 10.9. The maximum absolute atomic E-state index is 2.44. The third-order valence-electron chi connectivity index (χ3n) is 8.96. The molecule has 0 saturated carbocycles. The Morgan fingerprint density at radius 2 is 0.957 bits per heavy atom. The molecule has 0 N–H and O–H groups in total. The predicted octanol–water partition coefficient (Wildman–Crippen LogP) is 12.4. The minimum Gasteiger partial charge on any atom is -0.317 e. The number of para-hydroxylation sites is 2. The highest BCUT2D eigenvalue weighted by Crippen LogP contribution is 2.41. The molecule has 0 fully saturated rings. The lowest BCUT2D eigenvalue weighted by atomic mass is 9.95. The Kier molecular flexibility index (Phi) is 8.15. The number of rotatable bonds is 4. The first-order valence-electron chi connectivity index (χ1n) is 16.1. The highest BCUT2D eigenvalue weighted by atomic mass is 32.1. The summed E-state index contributed by atoms with van der Waals surface area (Å²) in [7, 11) is 0. The second-order valence-electron chi connectivity index (χ2n) is 11.4. The number of aromatic nitrogens is 2. The lowest BCUT2D eigenvalue weighted by molar-refractivity contribution is 1.13. The molecule has 3 heteroatoms. The predicted molar refractivity (Wildman–Crippen MR) is 208 cm³/mol. The average Bonchev–Trinajstić information content (AvgIpc) is 3.72. The molecule has 0 bridgehead atoms. The van der Waals surface area contributed by atoms with E-state index in [9.17, 15) is 0 Å². The van der Waals surface area contributed by atoms with Gasteiger partial charge < -0.3 is 9.13 Å². The summed E-state index contributed by atoms with van der Waals surface area (Å²) in [5, 5.41) is 6.28. The fourth-order valence-corrected chi connectivity index (χ4v) is 6.87. The van der Waals surface area contributed by atoms with Crippen LogP contribution in [-0.4, -0.2) is 9.13 Å². The first-order valence-corrected chi connectivity index (χ1v) is 16.1. The van der Waals surface area contributed by atoms with Gasteiger partial charge in [0, 0.05) is 33.7 Å². The fourth-order valence-electron chi connectivity index (χ4n) is 6.87. The highest BCUT2D eigenvalue weighted by molar-refractivity contribution is 7.59. The Morgan fingerprint density at radius 3 is 1.70 bits per heavy atom. The van der Waals surface area contributed by atoms with E-state index < -0.39 is 0 Å². The van der Waals surface area contributed by atoms with Crippen molar-refractivity contribution >= 4 is 57.0 Å². The third-order valence-corrected chi connectivity index (χ3v) is 8.96. The van der Waals surface area contributed by atoms with Gasteiger partial charge in [-0.25, -0.2) is 0 Å². The topological polar surface area (TPSA) is 9.86 Å². The Labute approximate surface area is 282 Å². The van der Waals surface area contributed by atoms with Gasteiger partial charge in [0.1, 0.15) is 0 Å². The van der Waals surface area contributed by atoms with Crippen molar-refractivity contribution in [2.45, 2.75) is 13.8 Å². The second kappa shape index (κ2) is 12.7. The van der Waals surface area contributed by atoms with Crippen molar-refractivity contribution in [3.8, 4) is 33.6 Å². The van der Waals surface area contributed by atoms with E-state index in [2.05, 4.69) is 179 Å². The van der Waals surface area contributed by atoms with E-state index in [4.69, 9.17) is 0 Å². The van der Waals surface area contributed by atoms with Crippen molar-refractivity contribution < 1.29 is 0 Å². The van der Waals surface area contributed by atoms with E-state index in [0.717, 1.165) is 11.4 Å². The van der Waals surface area contributed by atoms with E-state index in [0.29, 0.717) is 0 Å². The second-order valence-corrected chi connectivity index (χ2v) is 11.4. The van der Waals surface area contributed by atoms with Crippen LogP contribution in [0.5, 0.6) is 0 Å².